The monoisotopic (exact) mass is 380 g/mol. The zero-order valence-corrected chi connectivity index (χ0v) is 16.2. The predicted octanol–water partition coefficient (Wildman–Crippen LogP) is 3.05. The first-order chi connectivity index (χ1) is 13.7. The fourth-order valence-corrected chi connectivity index (χ4v) is 4.01. The summed E-state index contributed by atoms with van der Waals surface area (Å²) in [6, 6.07) is 14.8. The van der Waals surface area contributed by atoms with Crippen molar-refractivity contribution >= 4 is 5.91 Å². The smallest absolute Gasteiger partial charge is 0.227 e. The molecule has 2 heterocycles. The van der Waals surface area contributed by atoms with E-state index in [1.165, 1.54) is 16.7 Å². The van der Waals surface area contributed by atoms with Crippen LogP contribution in [-0.2, 0) is 22.5 Å². The van der Waals surface area contributed by atoms with Crippen molar-refractivity contribution in [3.8, 4) is 16.9 Å². The van der Waals surface area contributed by atoms with Gasteiger partial charge in [0.1, 0.15) is 5.75 Å². The van der Waals surface area contributed by atoms with Crippen LogP contribution in [0.2, 0.25) is 0 Å². The molecular weight excluding hydrogens is 352 g/mol. The van der Waals surface area contributed by atoms with Gasteiger partial charge in [0.2, 0.25) is 5.91 Å². The number of hydrogen-bond acceptors (Lipinski definition) is 4. The third-order valence-electron chi connectivity index (χ3n) is 5.97. The van der Waals surface area contributed by atoms with Gasteiger partial charge in [-0.1, -0.05) is 30.3 Å². The molecule has 0 saturated carbocycles. The first-order valence-corrected chi connectivity index (χ1v) is 10.1. The molecule has 2 aliphatic heterocycles. The molecule has 2 aromatic carbocycles. The molecule has 2 aliphatic rings. The van der Waals surface area contributed by atoms with Crippen molar-refractivity contribution in [3.63, 3.8) is 0 Å². The molecule has 5 heteroatoms. The van der Waals surface area contributed by atoms with Gasteiger partial charge in [0.25, 0.3) is 0 Å². The van der Waals surface area contributed by atoms with Crippen LogP contribution in [-0.4, -0.2) is 32.3 Å². The molecule has 1 saturated heterocycles. The second-order valence-corrected chi connectivity index (χ2v) is 7.75. The van der Waals surface area contributed by atoms with Crippen molar-refractivity contribution in [2.24, 2.45) is 11.1 Å². The topological polar surface area (TPSA) is 73.6 Å². The Morgan fingerprint density at radius 3 is 2.54 bits per heavy atom. The van der Waals surface area contributed by atoms with E-state index < -0.39 is 5.41 Å². The van der Waals surface area contributed by atoms with Gasteiger partial charge in [0, 0.05) is 26.3 Å². The maximum atomic E-state index is 12.7. The number of carbonyl (C=O) groups excluding carboxylic acids is 1. The molecule has 0 aliphatic carbocycles. The maximum Gasteiger partial charge on any atom is 0.227 e. The highest BCUT2D eigenvalue weighted by atomic mass is 16.5. The number of benzene rings is 2. The van der Waals surface area contributed by atoms with Gasteiger partial charge in [-0.05, 0) is 60.1 Å². The summed E-state index contributed by atoms with van der Waals surface area (Å²) >= 11 is 0. The first kappa shape index (κ1) is 19.0. The Kier molecular flexibility index (Phi) is 5.64. The summed E-state index contributed by atoms with van der Waals surface area (Å²) in [6.07, 6.45) is 3.53. The molecule has 0 aromatic heterocycles. The third kappa shape index (κ3) is 3.91. The normalized spacial score (nSPS) is 18.0. The molecule has 2 aromatic rings. The zero-order chi connectivity index (χ0) is 19.4. The number of nitrogens with one attached hydrogen (secondary N) is 1. The summed E-state index contributed by atoms with van der Waals surface area (Å²) < 4.78 is 11.1. The number of fused-ring (bicyclic) bond motifs is 1. The minimum Gasteiger partial charge on any atom is -0.493 e. The Hall–Kier alpha value is -2.37. The van der Waals surface area contributed by atoms with Crippen molar-refractivity contribution in [1.29, 1.82) is 0 Å². The van der Waals surface area contributed by atoms with E-state index in [0.717, 1.165) is 30.8 Å². The highest BCUT2D eigenvalue weighted by Gasteiger charge is 2.38. The second-order valence-electron chi connectivity index (χ2n) is 7.75. The summed E-state index contributed by atoms with van der Waals surface area (Å²) in [4.78, 5) is 12.7. The molecule has 0 radical (unpaired) electrons. The Morgan fingerprint density at radius 2 is 1.79 bits per heavy atom. The molecular formula is C23H28N2O3. The molecule has 0 spiro atoms. The number of nitrogens with two attached hydrogens (primary N) is 1. The summed E-state index contributed by atoms with van der Waals surface area (Å²) in [5.74, 6) is 1.05. The minimum atomic E-state index is -0.483. The van der Waals surface area contributed by atoms with E-state index in [4.69, 9.17) is 15.2 Å². The molecule has 1 fully saturated rings. The summed E-state index contributed by atoms with van der Waals surface area (Å²) in [6.45, 7) is 2.89. The minimum absolute atomic E-state index is 0.0389. The number of amides is 1. The van der Waals surface area contributed by atoms with E-state index in [2.05, 4.69) is 47.8 Å². The van der Waals surface area contributed by atoms with Crippen LogP contribution in [0.3, 0.4) is 0 Å². The average molecular weight is 380 g/mol. The van der Waals surface area contributed by atoms with E-state index in [1.807, 2.05) is 0 Å². The lowest BCUT2D eigenvalue weighted by Crippen LogP contribution is -2.48. The molecule has 0 atom stereocenters. The number of rotatable bonds is 5. The highest BCUT2D eigenvalue weighted by Crippen LogP contribution is 2.31. The molecule has 5 nitrogen and oxygen atoms in total. The molecule has 0 bridgehead atoms. The van der Waals surface area contributed by atoms with Crippen molar-refractivity contribution in [3.05, 3.63) is 53.6 Å². The van der Waals surface area contributed by atoms with E-state index >= 15 is 0 Å². The SMILES string of the molecule is NCC1(C(=O)NCc2ccc(-c3ccc4c(c3)CCCO4)cc2)CCOCC1. The van der Waals surface area contributed by atoms with Gasteiger partial charge >= 0.3 is 0 Å². The fraction of sp³-hybridized carbons (Fsp3) is 0.435. The molecule has 1 amide bonds. The maximum absolute atomic E-state index is 12.7. The van der Waals surface area contributed by atoms with Crippen molar-refractivity contribution in [1.82, 2.24) is 5.32 Å². The predicted molar refractivity (Wildman–Crippen MR) is 109 cm³/mol. The van der Waals surface area contributed by atoms with Gasteiger partial charge in [0.15, 0.2) is 0 Å². The van der Waals surface area contributed by atoms with E-state index in [1.54, 1.807) is 0 Å². The Balaban J connectivity index is 1.40. The Labute approximate surface area is 166 Å². The van der Waals surface area contributed by atoms with E-state index in [0.29, 0.717) is 39.1 Å². The first-order valence-electron chi connectivity index (χ1n) is 10.1. The number of ether oxygens (including phenoxy) is 2. The zero-order valence-electron chi connectivity index (χ0n) is 16.2. The number of aryl methyl sites for hydroxylation is 1. The highest BCUT2D eigenvalue weighted by molar-refractivity contribution is 5.83. The van der Waals surface area contributed by atoms with Gasteiger partial charge in [-0.3, -0.25) is 4.79 Å². The lowest BCUT2D eigenvalue weighted by atomic mass is 9.79. The molecule has 0 unspecified atom stereocenters. The van der Waals surface area contributed by atoms with Crippen LogP contribution in [0, 0.1) is 5.41 Å². The quantitative estimate of drug-likeness (QED) is 0.836. The van der Waals surface area contributed by atoms with Gasteiger partial charge < -0.3 is 20.5 Å². The van der Waals surface area contributed by atoms with Gasteiger partial charge in [-0.15, -0.1) is 0 Å². The molecule has 28 heavy (non-hydrogen) atoms. The summed E-state index contributed by atoms with van der Waals surface area (Å²) in [5.41, 5.74) is 10.2. The third-order valence-corrected chi connectivity index (χ3v) is 5.97. The lowest BCUT2D eigenvalue weighted by Gasteiger charge is -2.34. The second kappa shape index (κ2) is 8.33. The van der Waals surface area contributed by atoms with Crippen LogP contribution in [0.15, 0.2) is 42.5 Å². The number of hydrogen-bond donors (Lipinski definition) is 2. The molecule has 3 N–H and O–H groups in total. The van der Waals surface area contributed by atoms with Crippen molar-refractivity contribution in [2.45, 2.75) is 32.2 Å². The van der Waals surface area contributed by atoms with E-state index in [-0.39, 0.29) is 5.91 Å². The van der Waals surface area contributed by atoms with Gasteiger partial charge in [-0.25, -0.2) is 0 Å². The molecule has 4 rings (SSSR count). The van der Waals surface area contributed by atoms with Crippen LogP contribution in [0.5, 0.6) is 5.75 Å². The van der Waals surface area contributed by atoms with Crippen molar-refractivity contribution in [2.75, 3.05) is 26.4 Å². The summed E-state index contributed by atoms with van der Waals surface area (Å²) in [7, 11) is 0. The lowest BCUT2D eigenvalue weighted by molar-refractivity contribution is -0.136. The van der Waals surface area contributed by atoms with Crippen LogP contribution < -0.4 is 15.8 Å². The van der Waals surface area contributed by atoms with E-state index in [9.17, 15) is 4.79 Å². The average Bonchev–Trinajstić information content (AvgIpc) is 2.78. The fourth-order valence-electron chi connectivity index (χ4n) is 4.01. The largest absolute Gasteiger partial charge is 0.493 e. The summed E-state index contributed by atoms with van der Waals surface area (Å²) in [5, 5.41) is 3.07. The van der Waals surface area contributed by atoms with Crippen LogP contribution in [0.1, 0.15) is 30.4 Å². The van der Waals surface area contributed by atoms with Crippen molar-refractivity contribution < 1.29 is 14.3 Å². The standard InChI is InChI=1S/C23H28N2O3/c24-16-23(9-12-27-13-10-23)22(26)25-15-17-3-5-18(6-4-17)19-7-8-21-20(14-19)2-1-11-28-21/h3-8,14H,1-2,9-13,15-16,24H2,(H,25,26). The van der Waals surface area contributed by atoms with Gasteiger partial charge in [-0.2, -0.15) is 0 Å². The Bertz CT molecular complexity index is 826. The van der Waals surface area contributed by atoms with Crippen LogP contribution in [0.25, 0.3) is 11.1 Å². The van der Waals surface area contributed by atoms with Gasteiger partial charge in [0.05, 0.1) is 12.0 Å². The van der Waals surface area contributed by atoms with Crippen LogP contribution >= 0.6 is 0 Å². The van der Waals surface area contributed by atoms with Crippen LogP contribution in [0.4, 0.5) is 0 Å². The number of carbonyl (C=O) groups is 1. The Morgan fingerprint density at radius 1 is 1.04 bits per heavy atom. The molecule has 148 valence electrons.